The fourth-order valence-corrected chi connectivity index (χ4v) is 5.32. The Hall–Kier alpha value is -0.520. The highest BCUT2D eigenvalue weighted by atomic mass is 14.0. The summed E-state index contributed by atoms with van der Waals surface area (Å²) in [6, 6.07) is 0. The van der Waals surface area contributed by atoms with Gasteiger partial charge in [0.15, 0.2) is 0 Å². The zero-order valence-corrected chi connectivity index (χ0v) is 27.2. The van der Waals surface area contributed by atoms with E-state index in [1.807, 2.05) is 12.2 Å². The molecule has 0 bridgehead atoms. The summed E-state index contributed by atoms with van der Waals surface area (Å²) >= 11 is 0. The summed E-state index contributed by atoms with van der Waals surface area (Å²) in [6.45, 7) is 12.1. The van der Waals surface area contributed by atoms with Gasteiger partial charge in [0.2, 0.25) is 0 Å². The maximum absolute atomic E-state index is 3.76. The molecule has 0 saturated heterocycles. The third kappa shape index (κ3) is 42.6. The highest BCUT2D eigenvalue weighted by Crippen LogP contribution is 2.15. The average molecular weight is 533 g/mol. The number of hydrogen-bond donors (Lipinski definition) is 0. The number of rotatable bonds is 32. The van der Waals surface area contributed by atoms with Crippen molar-refractivity contribution in [2.75, 3.05) is 0 Å². The molecule has 0 unspecified atom stereocenters. The van der Waals surface area contributed by atoms with Gasteiger partial charge in [-0.1, -0.05) is 206 Å². The van der Waals surface area contributed by atoms with Gasteiger partial charge in [-0.3, -0.25) is 0 Å². The largest absolute Gasteiger partial charge is 0.103 e. The summed E-state index contributed by atoms with van der Waals surface area (Å²) < 4.78 is 0. The van der Waals surface area contributed by atoms with Crippen LogP contribution in [0.25, 0.3) is 0 Å². The van der Waals surface area contributed by atoms with Crippen LogP contribution in [0.5, 0.6) is 0 Å². The standard InChI is InChI=1S/2C19H38/c2*1-3-5-7-9-11-13-15-17-19-18-16-14-12-10-8-6-4-2/h2*3H,1,4-19H2,2H3. The molecule has 0 aliphatic rings. The van der Waals surface area contributed by atoms with Crippen LogP contribution in [-0.4, -0.2) is 0 Å². The summed E-state index contributed by atoms with van der Waals surface area (Å²) in [4.78, 5) is 0. The van der Waals surface area contributed by atoms with E-state index in [9.17, 15) is 0 Å². The molecule has 0 saturated carbocycles. The van der Waals surface area contributed by atoms with E-state index in [0.29, 0.717) is 0 Å². The van der Waals surface area contributed by atoms with E-state index in [4.69, 9.17) is 0 Å². The molecule has 0 fully saturated rings. The van der Waals surface area contributed by atoms with Crippen molar-refractivity contribution in [1.29, 1.82) is 0 Å². The molecule has 0 spiro atoms. The van der Waals surface area contributed by atoms with Crippen LogP contribution in [0.2, 0.25) is 0 Å². The first-order valence-electron chi connectivity index (χ1n) is 18.0. The van der Waals surface area contributed by atoms with Crippen molar-refractivity contribution in [3.63, 3.8) is 0 Å². The molecule has 0 aromatic heterocycles. The van der Waals surface area contributed by atoms with Crippen LogP contribution in [0, 0.1) is 0 Å². The first-order valence-corrected chi connectivity index (χ1v) is 18.0. The second kappa shape index (κ2) is 41.0. The lowest BCUT2D eigenvalue weighted by molar-refractivity contribution is 0.533. The number of unbranched alkanes of at least 4 members (excludes halogenated alkanes) is 30. The van der Waals surface area contributed by atoms with Crippen molar-refractivity contribution in [2.45, 2.75) is 219 Å². The first kappa shape index (κ1) is 39.6. The van der Waals surface area contributed by atoms with Crippen LogP contribution in [0.15, 0.2) is 25.3 Å². The van der Waals surface area contributed by atoms with Crippen molar-refractivity contribution in [1.82, 2.24) is 0 Å². The van der Waals surface area contributed by atoms with Crippen molar-refractivity contribution in [3.05, 3.63) is 25.3 Å². The topological polar surface area (TPSA) is 0 Å². The summed E-state index contributed by atoms with van der Waals surface area (Å²) in [7, 11) is 0. The quantitative estimate of drug-likeness (QED) is 0.0596. The molecule has 0 aliphatic carbocycles. The zero-order chi connectivity index (χ0) is 28.0. The smallest absolute Gasteiger partial charge is 0.0353 e. The third-order valence-corrected chi connectivity index (χ3v) is 8.02. The van der Waals surface area contributed by atoms with Crippen molar-refractivity contribution < 1.29 is 0 Å². The molecule has 228 valence electrons. The fourth-order valence-electron chi connectivity index (χ4n) is 5.32. The summed E-state index contributed by atoms with van der Waals surface area (Å²) in [5.74, 6) is 0. The highest BCUT2D eigenvalue weighted by molar-refractivity contribution is 4.66. The summed E-state index contributed by atoms with van der Waals surface area (Å²) in [5, 5.41) is 0. The molecule has 0 atom stereocenters. The molecule has 0 radical (unpaired) electrons. The Bertz CT molecular complexity index is 357. The van der Waals surface area contributed by atoms with Gasteiger partial charge >= 0.3 is 0 Å². The minimum Gasteiger partial charge on any atom is -0.103 e. The molecule has 0 heterocycles. The fraction of sp³-hybridized carbons (Fsp3) is 0.895. The Balaban J connectivity index is 0. The Morgan fingerprint density at radius 3 is 0.579 bits per heavy atom. The van der Waals surface area contributed by atoms with Crippen LogP contribution in [0.4, 0.5) is 0 Å². The maximum atomic E-state index is 3.76. The molecule has 0 N–H and O–H groups in total. The van der Waals surface area contributed by atoms with Crippen LogP contribution < -0.4 is 0 Å². The molecular weight excluding hydrogens is 456 g/mol. The lowest BCUT2D eigenvalue weighted by Gasteiger charge is -2.03. The van der Waals surface area contributed by atoms with Crippen LogP contribution in [0.1, 0.15) is 219 Å². The molecule has 0 rings (SSSR count). The Labute approximate surface area is 244 Å². The lowest BCUT2D eigenvalue weighted by atomic mass is 10.0. The van der Waals surface area contributed by atoms with Gasteiger partial charge in [-0.25, -0.2) is 0 Å². The van der Waals surface area contributed by atoms with Gasteiger partial charge in [-0.2, -0.15) is 0 Å². The van der Waals surface area contributed by atoms with Crippen LogP contribution in [0.3, 0.4) is 0 Å². The predicted molar refractivity (Wildman–Crippen MR) is 179 cm³/mol. The van der Waals surface area contributed by atoms with Crippen molar-refractivity contribution in [3.8, 4) is 0 Å². The second-order valence-electron chi connectivity index (χ2n) is 12.1. The average Bonchev–Trinajstić information content (AvgIpc) is 2.93. The minimum atomic E-state index is 1.21. The Morgan fingerprint density at radius 2 is 0.421 bits per heavy atom. The molecule has 38 heavy (non-hydrogen) atoms. The van der Waals surface area contributed by atoms with Crippen molar-refractivity contribution >= 4 is 0 Å². The van der Waals surface area contributed by atoms with E-state index < -0.39 is 0 Å². The molecule has 0 aliphatic heterocycles. The Kier molecular flexibility index (Phi) is 42.7. The summed E-state index contributed by atoms with van der Waals surface area (Å²) in [5.41, 5.74) is 0. The lowest BCUT2D eigenvalue weighted by Crippen LogP contribution is -1.83. The van der Waals surface area contributed by atoms with E-state index in [1.54, 1.807) is 0 Å². The van der Waals surface area contributed by atoms with E-state index >= 15 is 0 Å². The molecular formula is C38H76. The van der Waals surface area contributed by atoms with E-state index in [-0.39, 0.29) is 0 Å². The minimum absolute atomic E-state index is 1.21. The maximum Gasteiger partial charge on any atom is -0.0353 e. The molecule has 0 aromatic carbocycles. The Morgan fingerprint density at radius 1 is 0.263 bits per heavy atom. The SMILES string of the molecule is C=CCCCCCCCCCCCCCCCCC.C=CCCCCCCCCCCCCCCCCC. The van der Waals surface area contributed by atoms with Gasteiger partial charge in [0.25, 0.3) is 0 Å². The highest BCUT2D eigenvalue weighted by Gasteiger charge is 1.95. The van der Waals surface area contributed by atoms with E-state index in [1.165, 1.54) is 205 Å². The van der Waals surface area contributed by atoms with E-state index in [0.717, 1.165) is 0 Å². The van der Waals surface area contributed by atoms with Crippen molar-refractivity contribution in [2.24, 2.45) is 0 Å². The first-order chi connectivity index (χ1) is 18.8. The second-order valence-corrected chi connectivity index (χ2v) is 12.1. The van der Waals surface area contributed by atoms with Gasteiger partial charge in [0.05, 0.1) is 0 Å². The predicted octanol–water partition coefficient (Wildman–Crippen LogP) is 14.9. The van der Waals surface area contributed by atoms with Crippen LogP contribution >= 0.6 is 0 Å². The monoisotopic (exact) mass is 533 g/mol. The van der Waals surface area contributed by atoms with Gasteiger partial charge < -0.3 is 0 Å². The third-order valence-electron chi connectivity index (χ3n) is 8.02. The molecule has 0 nitrogen and oxygen atoms in total. The van der Waals surface area contributed by atoms with Crippen LogP contribution in [-0.2, 0) is 0 Å². The normalized spacial score (nSPS) is 10.8. The van der Waals surface area contributed by atoms with Gasteiger partial charge in [0.1, 0.15) is 0 Å². The molecule has 0 heteroatoms. The molecule has 0 amide bonds. The summed E-state index contributed by atoms with van der Waals surface area (Å²) in [6.07, 6.45) is 49.9. The van der Waals surface area contributed by atoms with E-state index in [2.05, 4.69) is 27.0 Å². The van der Waals surface area contributed by atoms with Gasteiger partial charge in [-0.15, -0.1) is 13.2 Å². The number of hydrogen-bond acceptors (Lipinski definition) is 0. The number of allylic oxidation sites excluding steroid dienone is 2. The van der Waals surface area contributed by atoms with Gasteiger partial charge in [0, 0.05) is 0 Å². The zero-order valence-electron chi connectivity index (χ0n) is 27.2. The van der Waals surface area contributed by atoms with Gasteiger partial charge in [-0.05, 0) is 25.7 Å². The molecule has 0 aromatic rings.